The van der Waals surface area contributed by atoms with Gasteiger partial charge in [0.1, 0.15) is 17.6 Å². The third-order valence-corrected chi connectivity index (χ3v) is 8.17. The lowest BCUT2D eigenvalue weighted by molar-refractivity contribution is -0.138. The summed E-state index contributed by atoms with van der Waals surface area (Å²) in [5, 5.41) is 15.7. The molecule has 3 N–H and O–H groups in total. The van der Waals surface area contributed by atoms with Gasteiger partial charge in [-0.3, -0.25) is 14.4 Å². The molecule has 3 aromatic carbocycles. The highest BCUT2D eigenvalue weighted by molar-refractivity contribution is 5.97. The number of carbonyl (C=O) groups is 4. The molecule has 2 heterocycles. The standard InChI is InChI=1S/C37H40N6O6/c1-2-49-37(48)43-22-20-42(21-23-43)36(47)29(18-19-33(44)45)40-35(46)31-25-32(41-34(39-31)28-16-10-5-11-17-28)38-30(27-14-8-4-9-15-27)24-26-12-6-3-7-13-26/h3-17,25,29-30H,2,18-24H2,1H3,(H,40,46)(H,44,45)(H,38,39,41). The molecule has 254 valence electrons. The Bertz CT molecular complexity index is 1720. The van der Waals surface area contributed by atoms with Crippen LogP contribution in [0.3, 0.4) is 0 Å². The molecule has 1 saturated heterocycles. The molecule has 49 heavy (non-hydrogen) atoms. The Morgan fingerprint density at radius 2 is 1.45 bits per heavy atom. The zero-order valence-corrected chi connectivity index (χ0v) is 27.3. The summed E-state index contributed by atoms with van der Waals surface area (Å²) in [5.74, 6) is -1.45. The monoisotopic (exact) mass is 664 g/mol. The zero-order chi connectivity index (χ0) is 34.6. The molecule has 2 unspecified atom stereocenters. The lowest BCUT2D eigenvalue weighted by Gasteiger charge is -2.35. The molecule has 2 atom stereocenters. The lowest BCUT2D eigenvalue weighted by atomic mass is 9.99. The van der Waals surface area contributed by atoms with Gasteiger partial charge in [0.25, 0.3) is 5.91 Å². The van der Waals surface area contributed by atoms with Crippen LogP contribution < -0.4 is 10.6 Å². The topological polar surface area (TPSA) is 154 Å². The smallest absolute Gasteiger partial charge is 0.409 e. The van der Waals surface area contributed by atoms with Gasteiger partial charge in [0.05, 0.1) is 12.6 Å². The highest BCUT2D eigenvalue weighted by Gasteiger charge is 2.31. The van der Waals surface area contributed by atoms with Crippen molar-refractivity contribution in [3.05, 3.63) is 114 Å². The minimum absolute atomic E-state index is 0.0168. The minimum atomic E-state index is -1.13. The molecule has 0 radical (unpaired) electrons. The van der Waals surface area contributed by atoms with Crippen LogP contribution in [0.2, 0.25) is 0 Å². The number of nitrogens with zero attached hydrogens (tertiary/aromatic N) is 4. The molecule has 1 aliphatic heterocycles. The van der Waals surface area contributed by atoms with Crippen molar-refractivity contribution in [2.75, 3.05) is 38.1 Å². The summed E-state index contributed by atoms with van der Waals surface area (Å²) < 4.78 is 5.07. The summed E-state index contributed by atoms with van der Waals surface area (Å²) in [5.41, 5.74) is 2.85. The Labute approximate surface area is 285 Å². The van der Waals surface area contributed by atoms with E-state index < -0.39 is 29.9 Å². The number of carbonyl (C=O) groups excluding carboxylic acids is 3. The average Bonchev–Trinajstić information content (AvgIpc) is 3.14. The van der Waals surface area contributed by atoms with Gasteiger partial charge in [-0.1, -0.05) is 91.0 Å². The van der Waals surface area contributed by atoms with Crippen LogP contribution in [-0.4, -0.2) is 87.6 Å². The van der Waals surface area contributed by atoms with Gasteiger partial charge < -0.3 is 30.3 Å². The maximum atomic E-state index is 13.9. The molecule has 0 bridgehead atoms. The maximum Gasteiger partial charge on any atom is 0.409 e. The van der Waals surface area contributed by atoms with Crippen LogP contribution in [0, 0.1) is 0 Å². The fourth-order valence-corrected chi connectivity index (χ4v) is 5.62. The number of aliphatic carboxylic acids is 1. The second-order valence-corrected chi connectivity index (χ2v) is 11.6. The predicted octanol–water partition coefficient (Wildman–Crippen LogP) is 4.80. The molecule has 0 saturated carbocycles. The Morgan fingerprint density at radius 3 is 2.08 bits per heavy atom. The summed E-state index contributed by atoms with van der Waals surface area (Å²) in [7, 11) is 0. The molecule has 1 aromatic heterocycles. The lowest BCUT2D eigenvalue weighted by Crippen LogP contribution is -2.56. The fraction of sp³-hybridized carbons (Fsp3) is 0.297. The second kappa shape index (κ2) is 16.9. The van der Waals surface area contributed by atoms with E-state index >= 15 is 0 Å². The number of anilines is 1. The van der Waals surface area contributed by atoms with Gasteiger partial charge in [-0.25, -0.2) is 14.8 Å². The van der Waals surface area contributed by atoms with Crippen LogP contribution in [0.5, 0.6) is 0 Å². The molecule has 4 aromatic rings. The van der Waals surface area contributed by atoms with Crippen LogP contribution >= 0.6 is 0 Å². The van der Waals surface area contributed by atoms with Gasteiger partial charge in [-0.05, 0) is 30.9 Å². The number of piperazine rings is 1. The van der Waals surface area contributed by atoms with E-state index in [-0.39, 0.29) is 57.4 Å². The van der Waals surface area contributed by atoms with Gasteiger partial charge >= 0.3 is 12.1 Å². The van der Waals surface area contributed by atoms with Crippen LogP contribution in [-0.2, 0) is 20.7 Å². The highest BCUT2D eigenvalue weighted by atomic mass is 16.6. The summed E-state index contributed by atoms with van der Waals surface area (Å²) in [4.78, 5) is 63.6. The summed E-state index contributed by atoms with van der Waals surface area (Å²) >= 11 is 0. The van der Waals surface area contributed by atoms with E-state index in [1.807, 2.05) is 78.9 Å². The molecule has 1 aliphatic rings. The quantitative estimate of drug-likeness (QED) is 0.183. The van der Waals surface area contributed by atoms with Gasteiger partial charge in [-0.15, -0.1) is 0 Å². The summed E-state index contributed by atoms with van der Waals surface area (Å²) in [6.07, 6.45) is -0.256. The van der Waals surface area contributed by atoms with Crippen LogP contribution in [0.1, 0.15) is 47.4 Å². The van der Waals surface area contributed by atoms with E-state index in [0.717, 1.165) is 11.1 Å². The number of ether oxygens (including phenoxy) is 1. The predicted molar refractivity (Wildman–Crippen MR) is 184 cm³/mol. The first-order valence-electron chi connectivity index (χ1n) is 16.3. The molecule has 12 nitrogen and oxygen atoms in total. The third kappa shape index (κ3) is 9.63. The molecule has 0 aliphatic carbocycles. The molecular formula is C37H40N6O6. The van der Waals surface area contributed by atoms with Crippen LogP contribution in [0.15, 0.2) is 97.1 Å². The Kier molecular flexibility index (Phi) is 11.9. The third-order valence-electron chi connectivity index (χ3n) is 8.17. The van der Waals surface area contributed by atoms with Crippen molar-refractivity contribution < 1.29 is 29.0 Å². The Hall–Kier alpha value is -5.78. The molecule has 0 spiro atoms. The highest BCUT2D eigenvalue weighted by Crippen LogP contribution is 2.25. The number of hydrogen-bond donors (Lipinski definition) is 3. The van der Waals surface area contributed by atoms with E-state index in [0.29, 0.717) is 23.6 Å². The number of rotatable bonds is 13. The zero-order valence-electron chi connectivity index (χ0n) is 27.3. The SMILES string of the molecule is CCOC(=O)N1CCN(C(=O)C(CCC(=O)O)NC(=O)c2cc(NC(Cc3ccccc3)c3ccccc3)nc(-c3ccccc3)n2)CC1. The van der Waals surface area contributed by atoms with Gasteiger partial charge in [-0.2, -0.15) is 0 Å². The number of amides is 3. The van der Waals surface area contributed by atoms with Crippen molar-refractivity contribution in [2.45, 2.75) is 38.3 Å². The average molecular weight is 665 g/mol. The number of benzene rings is 3. The van der Waals surface area contributed by atoms with E-state index in [1.54, 1.807) is 13.0 Å². The number of carboxylic acids is 1. The van der Waals surface area contributed by atoms with Crippen molar-refractivity contribution >= 4 is 29.7 Å². The van der Waals surface area contributed by atoms with Crippen molar-refractivity contribution in [1.29, 1.82) is 0 Å². The normalized spacial score (nSPS) is 14.0. The van der Waals surface area contributed by atoms with Gasteiger partial charge in [0.15, 0.2) is 5.82 Å². The first-order chi connectivity index (χ1) is 23.8. The fourth-order valence-electron chi connectivity index (χ4n) is 5.62. The van der Waals surface area contributed by atoms with Crippen molar-refractivity contribution in [1.82, 2.24) is 25.1 Å². The Balaban J connectivity index is 1.41. The molecule has 12 heteroatoms. The molecule has 3 amide bonds. The number of nitrogens with one attached hydrogen (secondary N) is 2. The molecular weight excluding hydrogens is 624 g/mol. The summed E-state index contributed by atoms with van der Waals surface area (Å²) in [6, 6.07) is 29.5. The maximum absolute atomic E-state index is 13.9. The molecule has 5 rings (SSSR count). The molecule has 1 fully saturated rings. The summed E-state index contributed by atoms with van der Waals surface area (Å²) in [6.45, 7) is 2.93. The van der Waals surface area contributed by atoms with Gasteiger partial charge in [0.2, 0.25) is 5.91 Å². The van der Waals surface area contributed by atoms with Crippen LogP contribution in [0.4, 0.5) is 10.6 Å². The largest absolute Gasteiger partial charge is 0.481 e. The minimum Gasteiger partial charge on any atom is -0.481 e. The van der Waals surface area contributed by atoms with Crippen molar-refractivity contribution in [3.63, 3.8) is 0 Å². The van der Waals surface area contributed by atoms with E-state index in [9.17, 15) is 24.3 Å². The Morgan fingerprint density at radius 1 is 0.837 bits per heavy atom. The number of aromatic nitrogens is 2. The van der Waals surface area contributed by atoms with E-state index in [4.69, 9.17) is 9.72 Å². The number of hydrogen-bond acceptors (Lipinski definition) is 8. The second-order valence-electron chi connectivity index (χ2n) is 11.6. The number of carboxylic acid groups (broad SMARTS) is 1. The van der Waals surface area contributed by atoms with Crippen LogP contribution in [0.25, 0.3) is 11.4 Å². The van der Waals surface area contributed by atoms with Crippen molar-refractivity contribution in [3.8, 4) is 11.4 Å². The van der Waals surface area contributed by atoms with E-state index in [1.165, 1.54) is 9.80 Å². The van der Waals surface area contributed by atoms with Gasteiger partial charge in [0, 0.05) is 44.2 Å². The first-order valence-corrected chi connectivity index (χ1v) is 16.3. The van der Waals surface area contributed by atoms with E-state index in [2.05, 4.69) is 27.8 Å². The first kappa shape index (κ1) is 34.6. The van der Waals surface area contributed by atoms with Crippen molar-refractivity contribution in [2.24, 2.45) is 0 Å².